The van der Waals surface area contributed by atoms with E-state index in [-0.39, 0.29) is 11.9 Å². The van der Waals surface area contributed by atoms with E-state index in [1.54, 1.807) is 6.92 Å². The summed E-state index contributed by atoms with van der Waals surface area (Å²) >= 11 is 0. The van der Waals surface area contributed by atoms with Crippen molar-refractivity contribution in [2.75, 3.05) is 0 Å². The minimum absolute atomic E-state index is 0.190. The molecule has 0 spiro atoms. The number of hydrogen-bond acceptors (Lipinski definition) is 3. The Morgan fingerprint density at radius 2 is 2.00 bits per heavy atom. The van der Waals surface area contributed by atoms with Gasteiger partial charge in [-0.15, -0.1) is 0 Å². The van der Waals surface area contributed by atoms with E-state index in [1.165, 1.54) is 0 Å². The van der Waals surface area contributed by atoms with Gasteiger partial charge in [-0.25, -0.2) is 0 Å². The monoisotopic (exact) mass is 186 g/mol. The van der Waals surface area contributed by atoms with Gasteiger partial charge in [0.2, 0.25) is 0 Å². The van der Waals surface area contributed by atoms with E-state index in [0.717, 1.165) is 6.29 Å². The molecule has 0 aromatic heterocycles. The predicted molar refractivity (Wildman–Crippen MR) is 50.3 cm³/mol. The van der Waals surface area contributed by atoms with Gasteiger partial charge in [-0.3, -0.25) is 4.79 Å². The SMILES string of the molecule is CC(CCC=O)C(=O)OC(C)(C)C. The molecule has 0 fully saturated rings. The molecule has 76 valence electrons. The molecule has 0 saturated heterocycles. The largest absolute Gasteiger partial charge is 0.460 e. The third-order valence-corrected chi connectivity index (χ3v) is 1.53. The highest BCUT2D eigenvalue weighted by molar-refractivity contribution is 5.72. The molecule has 0 N–H and O–H groups in total. The van der Waals surface area contributed by atoms with Gasteiger partial charge in [0.1, 0.15) is 11.9 Å². The molecule has 0 rings (SSSR count). The predicted octanol–water partition coefficient (Wildman–Crippen LogP) is 1.94. The molecule has 0 bridgehead atoms. The molecule has 0 amide bonds. The van der Waals surface area contributed by atoms with E-state index in [0.29, 0.717) is 12.8 Å². The Kier molecular flexibility index (Phi) is 4.67. The highest BCUT2D eigenvalue weighted by Gasteiger charge is 2.20. The van der Waals surface area contributed by atoms with Crippen LogP contribution in [0.15, 0.2) is 0 Å². The smallest absolute Gasteiger partial charge is 0.309 e. The number of hydrogen-bond donors (Lipinski definition) is 0. The fraction of sp³-hybridized carbons (Fsp3) is 0.800. The van der Waals surface area contributed by atoms with Crippen LogP contribution in [-0.4, -0.2) is 17.9 Å². The first-order valence-electron chi connectivity index (χ1n) is 4.53. The van der Waals surface area contributed by atoms with E-state index < -0.39 is 5.60 Å². The molecule has 0 aliphatic carbocycles. The summed E-state index contributed by atoms with van der Waals surface area (Å²) in [6.45, 7) is 7.27. The summed E-state index contributed by atoms with van der Waals surface area (Å²) in [4.78, 5) is 21.4. The van der Waals surface area contributed by atoms with Crippen molar-refractivity contribution < 1.29 is 14.3 Å². The second kappa shape index (κ2) is 5.00. The molecule has 0 aliphatic heterocycles. The van der Waals surface area contributed by atoms with Gasteiger partial charge >= 0.3 is 5.97 Å². The van der Waals surface area contributed by atoms with Crippen LogP contribution in [0.25, 0.3) is 0 Å². The van der Waals surface area contributed by atoms with Gasteiger partial charge in [0, 0.05) is 6.42 Å². The van der Waals surface area contributed by atoms with Gasteiger partial charge in [-0.1, -0.05) is 6.92 Å². The average Bonchev–Trinajstić information content (AvgIpc) is 1.96. The number of carbonyl (C=O) groups excluding carboxylic acids is 2. The van der Waals surface area contributed by atoms with E-state index in [2.05, 4.69) is 0 Å². The van der Waals surface area contributed by atoms with Crippen molar-refractivity contribution in [3.63, 3.8) is 0 Å². The third-order valence-electron chi connectivity index (χ3n) is 1.53. The summed E-state index contributed by atoms with van der Waals surface area (Å²) in [6.07, 6.45) is 1.81. The van der Waals surface area contributed by atoms with Gasteiger partial charge in [0.15, 0.2) is 0 Å². The summed E-state index contributed by atoms with van der Waals surface area (Å²) in [5, 5.41) is 0. The van der Waals surface area contributed by atoms with Gasteiger partial charge in [0.05, 0.1) is 5.92 Å². The first kappa shape index (κ1) is 12.1. The maximum Gasteiger partial charge on any atom is 0.309 e. The van der Waals surface area contributed by atoms with Crippen LogP contribution in [0.1, 0.15) is 40.5 Å². The molecule has 0 aromatic rings. The molecule has 13 heavy (non-hydrogen) atoms. The zero-order valence-corrected chi connectivity index (χ0v) is 8.79. The standard InChI is InChI=1S/C10H18O3/c1-8(6-5-7-11)9(12)13-10(2,3)4/h7-8H,5-6H2,1-4H3. The zero-order valence-electron chi connectivity index (χ0n) is 8.79. The first-order valence-corrected chi connectivity index (χ1v) is 4.53. The number of rotatable bonds is 4. The van der Waals surface area contributed by atoms with E-state index in [4.69, 9.17) is 4.74 Å². The topological polar surface area (TPSA) is 43.4 Å². The van der Waals surface area contributed by atoms with Crippen LogP contribution in [-0.2, 0) is 14.3 Å². The summed E-state index contributed by atoms with van der Waals surface area (Å²) in [6, 6.07) is 0. The van der Waals surface area contributed by atoms with E-state index in [9.17, 15) is 9.59 Å². The quantitative estimate of drug-likeness (QED) is 0.498. The van der Waals surface area contributed by atoms with Crippen LogP contribution in [0.5, 0.6) is 0 Å². The number of esters is 1. The van der Waals surface area contributed by atoms with Crippen LogP contribution < -0.4 is 0 Å². The fourth-order valence-electron chi connectivity index (χ4n) is 0.838. The Labute approximate surface area is 79.5 Å². The second-order valence-electron chi connectivity index (χ2n) is 4.18. The first-order chi connectivity index (χ1) is 5.87. The Morgan fingerprint density at radius 3 is 2.38 bits per heavy atom. The summed E-state index contributed by atoms with van der Waals surface area (Å²) in [7, 11) is 0. The lowest BCUT2D eigenvalue weighted by atomic mass is 10.1. The Balaban J connectivity index is 3.89. The number of carbonyl (C=O) groups is 2. The normalized spacial score (nSPS) is 13.5. The van der Waals surface area contributed by atoms with Gasteiger partial charge in [-0.2, -0.15) is 0 Å². The van der Waals surface area contributed by atoms with Gasteiger partial charge < -0.3 is 9.53 Å². The van der Waals surface area contributed by atoms with Crippen molar-refractivity contribution in [2.24, 2.45) is 5.92 Å². The lowest BCUT2D eigenvalue weighted by Gasteiger charge is -2.21. The summed E-state index contributed by atoms with van der Waals surface area (Å²) < 4.78 is 5.14. The van der Waals surface area contributed by atoms with E-state index in [1.807, 2.05) is 20.8 Å². The molecule has 1 atom stereocenters. The van der Waals surface area contributed by atoms with Crippen molar-refractivity contribution in [3.05, 3.63) is 0 Å². The Morgan fingerprint density at radius 1 is 1.46 bits per heavy atom. The Bertz CT molecular complexity index is 179. The minimum atomic E-state index is -0.438. The van der Waals surface area contributed by atoms with Crippen LogP contribution in [0.3, 0.4) is 0 Å². The Hall–Kier alpha value is -0.860. The van der Waals surface area contributed by atoms with Crippen molar-refractivity contribution in [1.82, 2.24) is 0 Å². The van der Waals surface area contributed by atoms with Crippen molar-refractivity contribution >= 4 is 12.3 Å². The van der Waals surface area contributed by atoms with Crippen molar-refractivity contribution in [2.45, 2.75) is 46.1 Å². The molecule has 0 heterocycles. The number of ether oxygens (including phenoxy) is 1. The molecule has 0 aromatic carbocycles. The number of aldehydes is 1. The molecule has 0 radical (unpaired) electrons. The van der Waals surface area contributed by atoms with Crippen LogP contribution in [0.4, 0.5) is 0 Å². The maximum absolute atomic E-state index is 11.3. The highest BCUT2D eigenvalue weighted by atomic mass is 16.6. The fourth-order valence-corrected chi connectivity index (χ4v) is 0.838. The molecule has 3 nitrogen and oxygen atoms in total. The third kappa shape index (κ3) is 6.31. The average molecular weight is 186 g/mol. The molecular formula is C10H18O3. The second-order valence-corrected chi connectivity index (χ2v) is 4.18. The summed E-state index contributed by atoms with van der Waals surface area (Å²) in [5.74, 6) is -0.418. The van der Waals surface area contributed by atoms with Crippen LogP contribution in [0, 0.1) is 5.92 Å². The molecular weight excluding hydrogens is 168 g/mol. The lowest BCUT2D eigenvalue weighted by molar-refractivity contribution is -0.159. The van der Waals surface area contributed by atoms with Crippen LogP contribution in [0.2, 0.25) is 0 Å². The van der Waals surface area contributed by atoms with Gasteiger partial charge in [-0.05, 0) is 27.2 Å². The summed E-state index contributed by atoms with van der Waals surface area (Å²) in [5.41, 5.74) is -0.438. The van der Waals surface area contributed by atoms with Crippen LogP contribution >= 0.6 is 0 Å². The van der Waals surface area contributed by atoms with Crippen molar-refractivity contribution in [3.8, 4) is 0 Å². The van der Waals surface area contributed by atoms with Gasteiger partial charge in [0.25, 0.3) is 0 Å². The molecule has 0 saturated carbocycles. The zero-order chi connectivity index (χ0) is 10.5. The lowest BCUT2D eigenvalue weighted by Crippen LogP contribution is -2.27. The highest BCUT2D eigenvalue weighted by Crippen LogP contribution is 2.13. The minimum Gasteiger partial charge on any atom is -0.460 e. The molecule has 1 unspecified atom stereocenters. The van der Waals surface area contributed by atoms with E-state index >= 15 is 0 Å². The van der Waals surface area contributed by atoms with Crippen molar-refractivity contribution in [1.29, 1.82) is 0 Å². The molecule has 3 heteroatoms. The maximum atomic E-state index is 11.3. The molecule has 0 aliphatic rings.